The minimum atomic E-state index is -0.189. The van der Waals surface area contributed by atoms with Crippen molar-refractivity contribution in [2.24, 2.45) is 0 Å². The van der Waals surface area contributed by atoms with E-state index in [2.05, 4.69) is 15.2 Å². The standard InChI is InChI=1S/C21H21N3O2/c25-18-9-11-24(12-10-18)17-7-5-15(6-8-17)21(26)23-20-14-22-13-16-3-1-2-4-19(16)20/h1-8,13-14,18,25H,9-12H2,(H,23,26). The molecule has 2 N–H and O–H groups in total. The van der Waals surface area contributed by atoms with Crippen molar-refractivity contribution in [3.63, 3.8) is 0 Å². The van der Waals surface area contributed by atoms with Gasteiger partial charge in [0.25, 0.3) is 5.91 Å². The SMILES string of the molecule is O=C(Nc1cncc2ccccc12)c1ccc(N2CCC(O)CC2)cc1. The highest BCUT2D eigenvalue weighted by Gasteiger charge is 2.17. The van der Waals surface area contributed by atoms with Crippen LogP contribution >= 0.6 is 0 Å². The third-order valence-corrected chi connectivity index (χ3v) is 4.88. The molecule has 5 heteroatoms. The second kappa shape index (κ2) is 7.14. The van der Waals surface area contributed by atoms with E-state index in [1.165, 1.54) is 0 Å². The molecule has 0 saturated carbocycles. The molecule has 26 heavy (non-hydrogen) atoms. The van der Waals surface area contributed by atoms with Crippen molar-refractivity contribution in [1.29, 1.82) is 0 Å². The number of piperidine rings is 1. The molecule has 132 valence electrons. The fourth-order valence-corrected chi connectivity index (χ4v) is 3.36. The number of hydrogen-bond donors (Lipinski definition) is 2. The third kappa shape index (κ3) is 3.39. The van der Waals surface area contributed by atoms with E-state index in [-0.39, 0.29) is 12.0 Å². The Hall–Kier alpha value is -2.92. The molecule has 0 atom stereocenters. The first-order valence-corrected chi connectivity index (χ1v) is 8.88. The highest BCUT2D eigenvalue weighted by Crippen LogP contribution is 2.23. The molecule has 1 aliphatic rings. The summed E-state index contributed by atoms with van der Waals surface area (Å²) in [4.78, 5) is 19.0. The molecule has 5 nitrogen and oxygen atoms in total. The lowest BCUT2D eigenvalue weighted by Crippen LogP contribution is -2.35. The summed E-state index contributed by atoms with van der Waals surface area (Å²) in [6, 6.07) is 15.5. The number of nitrogens with one attached hydrogen (secondary N) is 1. The van der Waals surface area contributed by atoms with Gasteiger partial charge in [-0.2, -0.15) is 0 Å². The maximum absolute atomic E-state index is 12.6. The van der Waals surface area contributed by atoms with Crippen LogP contribution < -0.4 is 10.2 Å². The van der Waals surface area contributed by atoms with Gasteiger partial charge in [-0.3, -0.25) is 9.78 Å². The average molecular weight is 347 g/mol. The highest BCUT2D eigenvalue weighted by atomic mass is 16.3. The van der Waals surface area contributed by atoms with E-state index < -0.39 is 0 Å². The molecule has 1 aromatic heterocycles. The Bertz CT molecular complexity index is 911. The Morgan fingerprint density at radius 1 is 1.04 bits per heavy atom. The Balaban J connectivity index is 1.50. The van der Waals surface area contributed by atoms with Gasteiger partial charge in [0.1, 0.15) is 0 Å². The Morgan fingerprint density at radius 3 is 2.54 bits per heavy atom. The number of fused-ring (bicyclic) bond motifs is 1. The van der Waals surface area contributed by atoms with Crippen molar-refractivity contribution in [3.8, 4) is 0 Å². The summed E-state index contributed by atoms with van der Waals surface area (Å²) in [6.07, 6.45) is 4.85. The normalized spacial score (nSPS) is 15.2. The lowest BCUT2D eigenvalue weighted by atomic mass is 10.1. The molecular weight excluding hydrogens is 326 g/mol. The molecule has 1 fully saturated rings. The first kappa shape index (κ1) is 16.5. The number of pyridine rings is 1. The van der Waals surface area contributed by atoms with Crippen LogP contribution in [0.4, 0.5) is 11.4 Å². The molecule has 0 bridgehead atoms. The van der Waals surface area contributed by atoms with Gasteiger partial charge in [0.05, 0.1) is 18.0 Å². The van der Waals surface area contributed by atoms with Crippen LogP contribution in [-0.4, -0.2) is 35.2 Å². The summed E-state index contributed by atoms with van der Waals surface area (Å²) in [5.74, 6) is -0.149. The second-order valence-corrected chi connectivity index (χ2v) is 6.63. The van der Waals surface area contributed by atoms with Gasteiger partial charge >= 0.3 is 0 Å². The van der Waals surface area contributed by atoms with E-state index in [1.807, 2.05) is 48.5 Å². The van der Waals surface area contributed by atoms with E-state index in [1.54, 1.807) is 12.4 Å². The number of aromatic nitrogens is 1. The molecule has 1 saturated heterocycles. The van der Waals surface area contributed by atoms with Crippen molar-refractivity contribution >= 4 is 28.1 Å². The number of carbonyl (C=O) groups is 1. The van der Waals surface area contributed by atoms with Crippen molar-refractivity contribution in [2.45, 2.75) is 18.9 Å². The van der Waals surface area contributed by atoms with Gasteiger partial charge < -0.3 is 15.3 Å². The minimum absolute atomic E-state index is 0.149. The Kier molecular flexibility index (Phi) is 4.54. The number of rotatable bonds is 3. The largest absolute Gasteiger partial charge is 0.393 e. The van der Waals surface area contributed by atoms with Crippen LogP contribution in [0.25, 0.3) is 10.8 Å². The Labute approximate surface area is 152 Å². The summed E-state index contributed by atoms with van der Waals surface area (Å²) >= 11 is 0. The smallest absolute Gasteiger partial charge is 0.255 e. The molecule has 2 aromatic carbocycles. The van der Waals surface area contributed by atoms with Gasteiger partial charge in [-0.25, -0.2) is 0 Å². The molecule has 0 aliphatic carbocycles. The number of anilines is 2. The van der Waals surface area contributed by atoms with Crippen molar-refractivity contribution in [1.82, 2.24) is 4.98 Å². The van der Waals surface area contributed by atoms with E-state index in [9.17, 15) is 9.90 Å². The number of carbonyl (C=O) groups excluding carboxylic acids is 1. The zero-order valence-electron chi connectivity index (χ0n) is 14.4. The van der Waals surface area contributed by atoms with Gasteiger partial charge in [0.2, 0.25) is 0 Å². The van der Waals surface area contributed by atoms with Crippen LogP contribution in [0, 0.1) is 0 Å². The Morgan fingerprint density at radius 2 is 1.77 bits per heavy atom. The zero-order chi connectivity index (χ0) is 17.9. The number of nitrogens with zero attached hydrogens (tertiary/aromatic N) is 2. The van der Waals surface area contributed by atoms with E-state index in [0.29, 0.717) is 11.3 Å². The quantitative estimate of drug-likeness (QED) is 0.762. The number of aliphatic hydroxyl groups excluding tert-OH is 1. The number of aliphatic hydroxyl groups is 1. The number of hydrogen-bond acceptors (Lipinski definition) is 4. The average Bonchev–Trinajstić information content (AvgIpc) is 2.69. The first-order valence-electron chi connectivity index (χ1n) is 8.88. The van der Waals surface area contributed by atoms with E-state index >= 15 is 0 Å². The van der Waals surface area contributed by atoms with Gasteiger partial charge in [0.15, 0.2) is 0 Å². The predicted octanol–water partition coefficient (Wildman–Crippen LogP) is 3.45. The monoisotopic (exact) mass is 347 g/mol. The molecular formula is C21H21N3O2. The third-order valence-electron chi connectivity index (χ3n) is 4.88. The summed E-state index contributed by atoms with van der Waals surface area (Å²) in [6.45, 7) is 1.68. The van der Waals surface area contributed by atoms with Crippen molar-refractivity contribution in [3.05, 3.63) is 66.5 Å². The second-order valence-electron chi connectivity index (χ2n) is 6.63. The summed E-state index contributed by atoms with van der Waals surface area (Å²) in [5.41, 5.74) is 2.40. The van der Waals surface area contributed by atoms with Gasteiger partial charge in [-0.15, -0.1) is 0 Å². The zero-order valence-corrected chi connectivity index (χ0v) is 14.4. The van der Waals surface area contributed by atoms with Crippen LogP contribution in [0.3, 0.4) is 0 Å². The molecule has 1 aliphatic heterocycles. The molecule has 2 heterocycles. The predicted molar refractivity (Wildman–Crippen MR) is 104 cm³/mol. The summed E-state index contributed by atoms with van der Waals surface area (Å²) in [7, 11) is 0. The van der Waals surface area contributed by atoms with Crippen LogP contribution in [0.5, 0.6) is 0 Å². The van der Waals surface area contributed by atoms with Crippen LogP contribution in [-0.2, 0) is 0 Å². The topological polar surface area (TPSA) is 65.5 Å². The van der Waals surface area contributed by atoms with Gasteiger partial charge in [-0.1, -0.05) is 24.3 Å². The van der Waals surface area contributed by atoms with Crippen LogP contribution in [0.15, 0.2) is 60.9 Å². The minimum Gasteiger partial charge on any atom is -0.393 e. The molecule has 0 spiro atoms. The molecule has 3 aromatic rings. The van der Waals surface area contributed by atoms with E-state index in [0.717, 1.165) is 42.4 Å². The molecule has 4 rings (SSSR count). The lowest BCUT2D eigenvalue weighted by Gasteiger charge is -2.31. The summed E-state index contributed by atoms with van der Waals surface area (Å²) in [5, 5.41) is 14.5. The molecule has 0 radical (unpaired) electrons. The van der Waals surface area contributed by atoms with Gasteiger partial charge in [-0.05, 0) is 37.1 Å². The number of amides is 1. The fourth-order valence-electron chi connectivity index (χ4n) is 3.36. The van der Waals surface area contributed by atoms with Crippen LogP contribution in [0.1, 0.15) is 23.2 Å². The fraction of sp³-hybridized carbons (Fsp3) is 0.238. The molecule has 0 unspecified atom stereocenters. The van der Waals surface area contributed by atoms with Crippen molar-refractivity contribution < 1.29 is 9.90 Å². The molecule has 1 amide bonds. The van der Waals surface area contributed by atoms with E-state index in [4.69, 9.17) is 0 Å². The first-order chi connectivity index (χ1) is 12.7. The lowest BCUT2D eigenvalue weighted by molar-refractivity contribution is 0.102. The number of benzene rings is 2. The van der Waals surface area contributed by atoms with Crippen LogP contribution in [0.2, 0.25) is 0 Å². The maximum atomic E-state index is 12.6. The van der Waals surface area contributed by atoms with Gasteiger partial charge in [0, 0.05) is 41.3 Å². The maximum Gasteiger partial charge on any atom is 0.255 e. The highest BCUT2D eigenvalue weighted by molar-refractivity contribution is 6.08. The van der Waals surface area contributed by atoms with Crippen molar-refractivity contribution in [2.75, 3.05) is 23.3 Å². The summed E-state index contributed by atoms with van der Waals surface area (Å²) < 4.78 is 0.